The number of rotatable bonds is 4. The van der Waals surface area contributed by atoms with Crippen LogP contribution in [0.15, 0.2) is 48.5 Å². The van der Waals surface area contributed by atoms with Crippen molar-refractivity contribution in [2.24, 2.45) is 0 Å². The molecule has 2 aromatic carbocycles. The minimum Gasteiger partial charge on any atom is -0.332 e. The Hall–Kier alpha value is -2.33. The minimum absolute atomic E-state index is 0.0301. The third kappa shape index (κ3) is 5.07. The lowest BCUT2D eigenvalue weighted by Gasteiger charge is -2.20. The molecule has 0 heterocycles. The molecule has 0 spiro atoms. The molecule has 0 aliphatic rings. The van der Waals surface area contributed by atoms with Crippen LogP contribution in [-0.2, 0) is 10.2 Å². The van der Waals surface area contributed by atoms with Gasteiger partial charge in [0.15, 0.2) is 0 Å². The molecule has 0 atom stereocenters. The van der Waals surface area contributed by atoms with Gasteiger partial charge in [0.05, 0.1) is 17.3 Å². The van der Waals surface area contributed by atoms with E-state index in [1.165, 1.54) is 4.90 Å². The Morgan fingerprint density at radius 3 is 2.20 bits per heavy atom. The second-order valence-corrected chi connectivity index (χ2v) is 7.42. The second-order valence-electron chi connectivity index (χ2n) is 7.02. The molecule has 0 fully saturated rings. The summed E-state index contributed by atoms with van der Waals surface area (Å²) in [6.07, 6.45) is 0. The predicted molar refractivity (Wildman–Crippen MR) is 102 cm³/mol. The van der Waals surface area contributed by atoms with Gasteiger partial charge in [0.2, 0.25) is 5.91 Å². The number of halogens is 1. The summed E-state index contributed by atoms with van der Waals surface area (Å²) in [6, 6.07) is 14.5. The van der Waals surface area contributed by atoms with E-state index in [1.807, 2.05) is 12.1 Å². The lowest BCUT2D eigenvalue weighted by molar-refractivity contribution is -0.116. The molecule has 25 heavy (non-hydrogen) atoms. The molecule has 2 amide bonds. The van der Waals surface area contributed by atoms with Gasteiger partial charge < -0.3 is 10.2 Å². The first kappa shape index (κ1) is 19.0. The zero-order valence-corrected chi connectivity index (χ0v) is 15.7. The predicted octanol–water partition coefficient (Wildman–Crippen LogP) is 4.35. The van der Waals surface area contributed by atoms with Crippen LogP contribution < -0.4 is 5.32 Å². The fraction of sp³-hybridized carbons (Fsp3) is 0.300. The van der Waals surface area contributed by atoms with E-state index in [2.05, 4.69) is 26.1 Å². The molecule has 0 unspecified atom stereocenters. The average molecular weight is 359 g/mol. The first-order valence-electron chi connectivity index (χ1n) is 8.09. The van der Waals surface area contributed by atoms with Crippen molar-refractivity contribution in [1.82, 2.24) is 4.90 Å². The maximum absolute atomic E-state index is 12.5. The van der Waals surface area contributed by atoms with Gasteiger partial charge in [-0.3, -0.25) is 9.59 Å². The average Bonchev–Trinajstić information content (AvgIpc) is 2.55. The molecule has 0 aromatic heterocycles. The standard InChI is InChI=1S/C20H23ClN2O2/c1-20(2,3)15-11-9-14(10-12-15)19(25)23(4)13-18(24)22-17-8-6-5-7-16(17)21/h5-12H,13H2,1-4H3,(H,22,24). The highest BCUT2D eigenvalue weighted by molar-refractivity contribution is 6.33. The van der Waals surface area contributed by atoms with Gasteiger partial charge in [-0.05, 0) is 35.2 Å². The molecule has 0 aliphatic carbocycles. The Bertz CT molecular complexity index is 764. The number of nitrogens with zero attached hydrogens (tertiary/aromatic N) is 1. The first-order valence-corrected chi connectivity index (χ1v) is 8.46. The van der Waals surface area contributed by atoms with Crippen molar-refractivity contribution in [3.8, 4) is 0 Å². The number of hydrogen-bond donors (Lipinski definition) is 1. The van der Waals surface area contributed by atoms with Crippen LogP contribution in [0.2, 0.25) is 5.02 Å². The van der Waals surface area contributed by atoms with Crippen LogP contribution in [0.4, 0.5) is 5.69 Å². The summed E-state index contributed by atoms with van der Waals surface area (Å²) < 4.78 is 0. The molecule has 0 bridgehead atoms. The van der Waals surface area contributed by atoms with Gasteiger partial charge in [-0.15, -0.1) is 0 Å². The van der Waals surface area contributed by atoms with Gasteiger partial charge >= 0.3 is 0 Å². The van der Waals surface area contributed by atoms with E-state index in [0.717, 1.165) is 5.56 Å². The molecule has 2 aromatic rings. The van der Waals surface area contributed by atoms with Gasteiger partial charge in [-0.2, -0.15) is 0 Å². The van der Waals surface area contributed by atoms with Crippen LogP contribution in [0.25, 0.3) is 0 Å². The summed E-state index contributed by atoms with van der Waals surface area (Å²) in [6.45, 7) is 6.31. The minimum atomic E-state index is -0.296. The number of amides is 2. The molecule has 132 valence electrons. The van der Waals surface area contributed by atoms with E-state index in [-0.39, 0.29) is 23.8 Å². The third-order valence-corrected chi connectivity index (χ3v) is 4.20. The molecule has 0 aliphatic heterocycles. The zero-order chi connectivity index (χ0) is 18.6. The number of nitrogens with one attached hydrogen (secondary N) is 1. The third-order valence-electron chi connectivity index (χ3n) is 3.87. The quantitative estimate of drug-likeness (QED) is 0.883. The summed E-state index contributed by atoms with van der Waals surface area (Å²) in [5.74, 6) is -0.495. The number of anilines is 1. The molecule has 0 saturated heterocycles. The van der Waals surface area contributed by atoms with Crippen LogP contribution in [-0.4, -0.2) is 30.3 Å². The molecular weight excluding hydrogens is 336 g/mol. The molecule has 4 nitrogen and oxygen atoms in total. The van der Waals surface area contributed by atoms with Gasteiger partial charge in [-0.25, -0.2) is 0 Å². The van der Waals surface area contributed by atoms with Gasteiger partial charge in [0.1, 0.15) is 0 Å². The molecule has 2 rings (SSSR count). The van der Waals surface area contributed by atoms with Crippen LogP contribution in [0.1, 0.15) is 36.7 Å². The molecule has 0 radical (unpaired) electrons. The van der Waals surface area contributed by atoms with Crippen LogP contribution >= 0.6 is 11.6 Å². The summed E-state index contributed by atoms with van der Waals surface area (Å²) >= 11 is 6.02. The normalized spacial score (nSPS) is 11.1. The van der Waals surface area contributed by atoms with E-state index in [1.54, 1.807) is 43.4 Å². The number of carbonyl (C=O) groups excluding carboxylic acids is 2. The van der Waals surface area contributed by atoms with Crippen molar-refractivity contribution in [1.29, 1.82) is 0 Å². The van der Waals surface area contributed by atoms with Gasteiger partial charge in [0, 0.05) is 12.6 Å². The van der Waals surface area contributed by atoms with E-state index in [9.17, 15) is 9.59 Å². The topological polar surface area (TPSA) is 49.4 Å². The molecular formula is C20H23ClN2O2. The molecule has 0 saturated carbocycles. The monoisotopic (exact) mass is 358 g/mol. The number of benzene rings is 2. The lowest BCUT2D eigenvalue weighted by Crippen LogP contribution is -2.35. The highest BCUT2D eigenvalue weighted by Crippen LogP contribution is 2.23. The number of hydrogen-bond acceptors (Lipinski definition) is 2. The van der Waals surface area contributed by atoms with Crippen molar-refractivity contribution in [3.05, 3.63) is 64.7 Å². The van der Waals surface area contributed by atoms with E-state index >= 15 is 0 Å². The fourth-order valence-corrected chi connectivity index (χ4v) is 2.56. The van der Waals surface area contributed by atoms with Crippen LogP contribution in [0, 0.1) is 0 Å². The van der Waals surface area contributed by atoms with Crippen molar-refractivity contribution in [3.63, 3.8) is 0 Å². The van der Waals surface area contributed by atoms with Crippen molar-refractivity contribution < 1.29 is 9.59 Å². The number of likely N-dealkylation sites (N-methyl/N-ethyl adjacent to an activating group) is 1. The van der Waals surface area contributed by atoms with Crippen LogP contribution in [0.5, 0.6) is 0 Å². The zero-order valence-electron chi connectivity index (χ0n) is 15.0. The maximum Gasteiger partial charge on any atom is 0.254 e. The lowest BCUT2D eigenvalue weighted by atomic mass is 9.86. The van der Waals surface area contributed by atoms with Gasteiger partial charge in [0.25, 0.3) is 5.91 Å². The van der Waals surface area contributed by atoms with E-state index < -0.39 is 0 Å². The molecule has 1 N–H and O–H groups in total. The summed E-state index contributed by atoms with van der Waals surface area (Å²) in [4.78, 5) is 26.0. The highest BCUT2D eigenvalue weighted by atomic mass is 35.5. The Kier molecular flexibility index (Phi) is 5.85. The van der Waals surface area contributed by atoms with E-state index in [0.29, 0.717) is 16.3 Å². The van der Waals surface area contributed by atoms with Gasteiger partial charge in [-0.1, -0.05) is 56.6 Å². The fourth-order valence-electron chi connectivity index (χ4n) is 2.37. The SMILES string of the molecule is CN(CC(=O)Nc1ccccc1Cl)C(=O)c1ccc(C(C)(C)C)cc1. The van der Waals surface area contributed by atoms with E-state index in [4.69, 9.17) is 11.6 Å². The second kappa shape index (κ2) is 7.70. The van der Waals surface area contributed by atoms with Crippen molar-refractivity contribution in [2.75, 3.05) is 18.9 Å². The van der Waals surface area contributed by atoms with Crippen LogP contribution in [0.3, 0.4) is 0 Å². The Morgan fingerprint density at radius 1 is 1.04 bits per heavy atom. The van der Waals surface area contributed by atoms with Crippen molar-refractivity contribution in [2.45, 2.75) is 26.2 Å². The number of carbonyl (C=O) groups is 2. The summed E-state index contributed by atoms with van der Waals surface area (Å²) in [5, 5.41) is 3.17. The molecule has 5 heteroatoms. The Labute approximate surface area is 153 Å². The smallest absolute Gasteiger partial charge is 0.254 e. The number of para-hydroxylation sites is 1. The highest BCUT2D eigenvalue weighted by Gasteiger charge is 2.18. The Morgan fingerprint density at radius 2 is 1.64 bits per heavy atom. The summed E-state index contributed by atoms with van der Waals surface area (Å²) in [7, 11) is 1.60. The maximum atomic E-state index is 12.5. The Balaban J connectivity index is 2.00. The van der Waals surface area contributed by atoms with Crippen molar-refractivity contribution >= 4 is 29.1 Å². The first-order chi connectivity index (χ1) is 11.7. The largest absolute Gasteiger partial charge is 0.332 e. The summed E-state index contributed by atoms with van der Waals surface area (Å²) in [5.41, 5.74) is 2.27.